The molecule has 0 unspecified atom stereocenters. The highest BCUT2D eigenvalue weighted by Gasteiger charge is 2.48. The lowest BCUT2D eigenvalue weighted by Gasteiger charge is -2.39. The zero-order valence-electron chi connectivity index (χ0n) is 44.8. The predicted molar refractivity (Wildman–Crippen MR) is 318 cm³/mol. The molecular formula is C64H56Cl2F2N6O7S2. The van der Waals surface area contributed by atoms with Crippen LogP contribution < -0.4 is 10.2 Å². The number of likely N-dealkylation sites (tertiary alicyclic amines) is 2. The maximum atomic E-state index is 13.7. The standard InChI is InChI=1S/C32H27ClFN3O3S.C26H25FN2O2S.C6H4ClNO2/c33-29-18-23(12-15-35-29)30(38)37-21-32(13-16-36(17-14-32)31(39)40-20-22-4-2-1-3-5-22)27-19-26(10-11-28(27)37)41-25-8-6-24(34)7-9-25;27-20-6-8-21(9-7-20)32-22-10-11-24-23(16-22)26(18-28-24)12-14-29(15-13-26)25(30)31-17-19-4-2-1-3-5-19;7-5-3-4(6(9)10)1-2-8-5/h1-12,15,18-19H,13-14,16-17,20-21H2;1-11,16,28H,12-15,17-18H2;1-3H,(H,9,10). The number of carbonyl (C=O) groups excluding carboxylic acids is 3. The molecular weight excluding hydrogens is 1140 g/mol. The largest absolute Gasteiger partial charge is 0.478 e. The number of rotatable bonds is 10. The SMILES string of the molecule is O=C(O)c1ccnc(Cl)c1.O=C(OCc1ccccc1)N1CCC2(CC1)CN(C(=O)c1ccnc(Cl)c1)c1ccc(Sc3ccc(F)cc3)cc12.O=C(OCc1ccccc1)N1CCC2(CC1)CNc1ccc(Sc3ccc(F)cc3)cc12. The third-order valence-electron chi connectivity index (χ3n) is 15.1. The second-order valence-electron chi connectivity index (χ2n) is 20.4. The molecule has 19 heteroatoms. The molecule has 0 saturated carbocycles. The number of carboxylic acid groups (broad SMARTS) is 1. The van der Waals surface area contributed by atoms with Gasteiger partial charge in [0.05, 0.1) is 5.56 Å². The van der Waals surface area contributed by atoms with Crippen molar-refractivity contribution in [1.82, 2.24) is 19.8 Å². The number of pyridine rings is 2. The van der Waals surface area contributed by atoms with Crippen LogP contribution in [0.5, 0.6) is 0 Å². The van der Waals surface area contributed by atoms with Crippen LogP contribution >= 0.6 is 46.7 Å². The van der Waals surface area contributed by atoms with E-state index in [2.05, 4.69) is 39.6 Å². The molecule has 0 aliphatic carbocycles. The molecule has 13 nitrogen and oxygen atoms in total. The van der Waals surface area contributed by atoms with Gasteiger partial charge < -0.3 is 34.6 Å². The fourth-order valence-corrected chi connectivity index (χ4v) is 12.7. The molecule has 3 amide bonds. The van der Waals surface area contributed by atoms with E-state index in [0.29, 0.717) is 57.7 Å². The second-order valence-corrected chi connectivity index (χ2v) is 23.5. The number of halogens is 4. The van der Waals surface area contributed by atoms with Gasteiger partial charge in [0.25, 0.3) is 5.91 Å². The van der Waals surface area contributed by atoms with Gasteiger partial charge in [0.1, 0.15) is 35.2 Å². The first-order valence-corrected chi connectivity index (χ1v) is 29.2. The highest BCUT2D eigenvalue weighted by molar-refractivity contribution is 7.99. The van der Waals surface area contributed by atoms with E-state index in [-0.39, 0.29) is 63.0 Å². The number of carbonyl (C=O) groups is 4. The van der Waals surface area contributed by atoms with Gasteiger partial charge in [0.2, 0.25) is 0 Å². The van der Waals surface area contributed by atoms with Gasteiger partial charge in [-0.15, -0.1) is 0 Å². The Bertz CT molecular complexity index is 3600. The zero-order valence-corrected chi connectivity index (χ0v) is 47.9. The van der Waals surface area contributed by atoms with Crippen LogP contribution in [-0.4, -0.2) is 88.2 Å². The van der Waals surface area contributed by atoms with Crippen LogP contribution in [-0.2, 0) is 33.5 Å². The van der Waals surface area contributed by atoms with Gasteiger partial charge in [-0.05, 0) is 157 Å². The van der Waals surface area contributed by atoms with Gasteiger partial charge in [-0.2, -0.15) is 0 Å². The summed E-state index contributed by atoms with van der Waals surface area (Å²) in [4.78, 5) is 66.5. The van der Waals surface area contributed by atoms with Gasteiger partial charge in [0.15, 0.2) is 0 Å². The number of anilines is 2. The molecule has 0 radical (unpaired) electrons. The number of carboxylic acids is 1. The first-order valence-electron chi connectivity index (χ1n) is 26.8. The third kappa shape index (κ3) is 14.5. The number of benzene rings is 6. The van der Waals surface area contributed by atoms with Crippen molar-refractivity contribution in [2.24, 2.45) is 0 Å². The van der Waals surface area contributed by atoms with Crippen LogP contribution in [0.25, 0.3) is 0 Å². The number of fused-ring (bicyclic) bond motifs is 4. The van der Waals surface area contributed by atoms with Crippen LogP contribution in [0.4, 0.5) is 29.7 Å². The smallest absolute Gasteiger partial charge is 0.410 e. The maximum absolute atomic E-state index is 13.7. The lowest BCUT2D eigenvalue weighted by molar-refractivity contribution is 0.0695. The molecule has 83 heavy (non-hydrogen) atoms. The molecule has 4 aliphatic rings. The van der Waals surface area contributed by atoms with E-state index in [1.807, 2.05) is 82.6 Å². The van der Waals surface area contributed by atoms with Gasteiger partial charge in [-0.1, -0.05) is 107 Å². The Morgan fingerprint density at radius 2 is 1.01 bits per heavy atom. The Labute approximate surface area is 498 Å². The first kappa shape index (κ1) is 58.2. The Kier molecular flexibility index (Phi) is 18.6. The van der Waals surface area contributed by atoms with Crippen molar-refractivity contribution in [1.29, 1.82) is 0 Å². The molecule has 2 spiro atoms. The second kappa shape index (κ2) is 26.5. The first-order chi connectivity index (χ1) is 40.2. The predicted octanol–water partition coefficient (Wildman–Crippen LogP) is 14.9. The molecule has 424 valence electrons. The Morgan fingerprint density at radius 3 is 1.51 bits per heavy atom. The topological polar surface area (TPSA) is 154 Å². The molecule has 0 atom stereocenters. The van der Waals surface area contributed by atoms with E-state index in [4.69, 9.17) is 37.8 Å². The Balaban J connectivity index is 0.000000162. The lowest BCUT2D eigenvalue weighted by atomic mass is 9.74. The molecule has 8 aromatic rings. The summed E-state index contributed by atoms with van der Waals surface area (Å²) in [6.07, 6.45) is 5.49. The summed E-state index contributed by atoms with van der Waals surface area (Å²) in [6.45, 7) is 4.32. The van der Waals surface area contributed by atoms with E-state index in [9.17, 15) is 28.0 Å². The summed E-state index contributed by atoms with van der Waals surface area (Å²) < 4.78 is 37.8. The number of aromatic nitrogens is 2. The Morgan fingerprint density at radius 1 is 0.554 bits per heavy atom. The summed E-state index contributed by atoms with van der Waals surface area (Å²) in [5.41, 5.74) is 6.70. The summed E-state index contributed by atoms with van der Waals surface area (Å²) >= 11 is 14.7. The minimum atomic E-state index is -0.996. The van der Waals surface area contributed by atoms with Crippen molar-refractivity contribution in [3.05, 3.63) is 238 Å². The maximum Gasteiger partial charge on any atom is 0.410 e. The fourth-order valence-electron chi connectivity index (χ4n) is 10.7. The highest BCUT2D eigenvalue weighted by atomic mass is 35.5. The van der Waals surface area contributed by atoms with E-state index >= 15 is 0 Å². The van der Waals surface area contributed by atoms with Crippen molar-refractivity contribution in [2.45, 2.75) is 69.3 Å². The van der Waals surface area contributed by atoms with Crippen LogP contribution in [0.3, 0.4) is 0 Å². The lowest BCUT2D eigenvalue weighted by Crippen LogP contribution is -2.48. The minimum absolute atomic E-state index is 0.0326. The van der Waals surface area contributed by atoms with Gasteiger partial charge >= 0.3 is 18.2 Å². The van der Waals surface area contributed by atoms with Crippen molar-refractivity contribution in [2.75, 3.05) is 49.5 Å². The van der Waals surface area contributed by atoms with Crippen molar-refractivity contribution < 1.29 is 42.5 Å². The number of nitrogens with one attached hydrogen (secondary N) is 1. The third-order valence-corrected chi connectivity index (χ3v) is 17.5. The minimum Gasteiger partial charge on any atom is -0.478 e. The number of hydrogen-bond acceptors (Lipinski definition) is 11. The van der Waals surface area contributed by atoms with Crippen molar-refractivity contribution in [3.63, 3.8) is 0 Å². The number of piperidine rings is 2. The van der Waals surface area contributed by atoms with E-state index in [0.717, 1.165) is 61.3 Å². The van der Waals surface area contributed by atoms with E-state index < -0.39 is 5.97 Å². The highest BCUT2D eigenvalue weighted by Crippen LogP contribution is 2.50. The molecule has 12 rings (SSSR count). The summed E-state index contributed by atoms with van der Waals surface area (Å²) in [5.74, 6) is -1.64. The molecule has 2 N–H and O–H groups in total. The summed E-state index contributed by atoms with van der Waals surface area (Å²) in [7, 11) is 0. The molecule has 6 heterocycles. The number of hydrogen-bond donors (Lipinski definition) is 2. The molecule has 2 fully saturated rings. The average molecular weight is 1190 g/mol. The van der Waals surface area contributed by atoms with Crippen LogP contribution in [0.15, 0.2) is 202 Å². The van der Waals surface area contributed by atoms with Crippen molar-refractivity contribution in [3.8, 4) is 0 Å². The van der Waals surface area contributed by atoms with E-state index in [1.165, 1.54) is 60.0 Å². The molecule has 2 aromatic heterocycles. The van der Waals surface area contributed by atoms with E-state index in [1.54, 1.807) is 64.8 Å². The molecule has 2 saturated heterocycles. The van der Waals surface area contributed by atoms with Crippen LogP contribution in [0.1, 0.15) is 68.7 Å². The number of ether oxygens (including phenoxy) is 2. The quantitative estimate of drug-likeness (QED) is 0.125. The number of aromatic carboxylic acids is 1. The van der Waals surface area contributed by atoms with Gasteiger partial charge in [0, 0.05) is 99.0 Å². The normalized spacial score (nSPS) is 15.2. The molecule has 4 aliphatic heterocycles. The monoisotopic (exact) mass is 1190 g/mol. The number of nitrogens with zero attached hydrogens (tertiary/aromatic N) is 5. The van der Waals surface area contributed by atoms with Crippen LogP contribution in [0, 0.1) is 11.6 Å². The van der Waals surface area contributed by atoms with Crippen LogP contribution in [0.2, 0.25) is 10.3 Å². The zero-order chi connectivity index (χ0) is 57.9. The summed E-state index contributed by atoms with van der Waals surface area (Å²) in [5, 5.41) is 12.4. The molecule has 0 bridgehead atoms. The number of amides is 3. The summed E-state index contributed by atoms with van der Waals surface area (Å²) in [6, 6.07) is 50.9. The average Bonchev–Trinajstić information content (AvgIpc) is 3.26. The fraction of sp³-hybridized carbons (Fsp3) is 0.219. The molecule has 6 aromatic carbocycles. The Hall–Kier alpha value is -7.96. The van der Waals surface area contributed by atoms with Gasteiger partial charge in [-0.3, -0.25) is 4.79 Å². The van der Waals surface area contributed by atoms with Gasteiger partial charge in [-0.25, -0.2) is 33.1 Å². The van der Waals surface area contributed by atoms with Crippen molar-refractivity contribution >= 4 is 82.2 Å².